The smallest absolute Gasteiger partial charge is 0.308 e. The lowest BCUT2D eigenvalue weighted by Crippen LogP contribution is -2.23. The third-order valence-corrected chi connectivity index (χ3v) is 2.86. The zero-order valence-corrected chi connectivity index (χ0v) is 10.7. The number of carboxylic acids is 1. The maximum atomic E-state index is 11.2. The number of primary amides is 1. The summed E-state index contributed by atoms with van der Waals surface area (Å²) in [5, 5.41) is 12.2. The van der Waals surface area contributed by atoms with Crippen molar-refractivity contribution in [1.82, 2.24) is 0 Å². The van der Waals surface area contributed by atoms with Gasteiger partial charge >= 0.3 is 5.97 Å². The molecular formula is C12H15ClN2O3. The lowest BCUT2D eigenvalue weighted by Gasteiger charge is -2.14. The molecule has 0 aromatic heterocycles. The maximum Gasteiger partial charge on any atom is 0.308 e. The summed E-state index contributed by atoms with van der Waals surface area (Å²) < 4.78 is 0. The largest absolute Gasteiger partial charge is 0.481 e. The van der Waals surface area contributed by atoms with Crippen LogP contribution in [0.2, 0.25) is 5.02 Å². The van der Waals surface area contributed by atoms with Crippen molar-refractivity contribution in [1.29, 1.82) is 0 Å². The van der Waals surface area contributed by atoms with E-state index in [2.05, 4.69) is 5.32 Å². The Bertz CT molecular complexity index is 463. The molecule has 1 aromatic carbocycles. The van der Waals surface area contributed by atoms with Crippen LogP contribution < -0.4 is 11.1 Å². The van der Waals surface area contributed by atoms with Gasteiger partial charge in [-0.3, -0.25) is 9.59 Å². The van der Waals surface area contributed by atoms with Crippen LogP contribution in [0.5, 0.6) is 0 Å². The van der Waals surface area contributed by atoms with Crippen LogP contribution in [0.25, 0.3) is 0 Å². The van der Waals surface area contributed by atoms with Gasteiger partial charge in [-0.2, -0.15) is 0 Å². The van der Waals surface area contributed by atoms with Crippen LogP contribution in [0.1, 0.15) is 23.7 Å². The van der Waals surface area contributed by atoms with Crippen LogP contribution in [0.4, 0.5) is 5.69 Å². The molecule has 1 amide bonds. The molecule has 0 saturated heterocycles. The summed E-state index contributed by atoms with van der Waals surface area (Å²) >= 11 is 5.77. The molecular weight excluding hydrogens is 256 g/mol. The highest BCUT2D eigenvalue weighted by Crippen LogP contribution is 2.20. The molecule has 0 fully saturated rings. The van der Waals surface area contributed by atoms with E-state index in [0.717, 1.165) is 0 Å². The molecule has 0 aliphatic carbocycles. The first-order chi connectivity index (χ1) is 8.45. The first-order valence-corrected chi connectivity index (χ1v) is 5.89. The Kier molecular flexibility index (Phi) is 4.97. The zero-order chi connectivity index (χ0) is 13.7. The Morgan fingerprint density at radius 2 is 2.17 bits per heavy atom. The molecule has 0 radical (unpaired) electrons. The number of amides is 1. The first-order valence-electron chi connectivity index (χ1n) is 5.51. The maximum absolute atomic E-state index is 11.2. The van der Waals surface area contributed by atoms with Gasteiger partial charge in [0.2, 0.25) is 0 Å². The summed E-state index contributed by atoms with van der Waals surface area (Å²) in [6.07, 6.45) is 0.502. The quantitative estimate of drug-likeness (QED) is 0.737. The van der Waals surface area contributed by atoms with Crippen molar-refractivity contribution >= 4 is 29.2 Å². The molecule has 1 rings (SSSR count). The molecule has 6 heteroatoms. The van der Waals surface area contributed by atoms with Crippen LogP contribution in [0.15, 0.2) is 18.2 Å². The van der Waals surface area contributed by atoms with E-state index in [-0.39, 0.29) is 12.1 Å². The average molecular weight is 271 g/mol. The highest BCUT2D eigenvalue weighted by atomic mass is 35.5. The number of benzene rings is 1. The topological polar surface area (TPSA) is 92.4 Å². The molecule has 0 saturated carbocycles. The van der Waals surface area contributed by atoms with E-state index in [1.165, 1.54) is 6.07 Å². The Morgan fingerprint density at radius 1 is 1.50 bits per heavy atom. The summed E-state index contributed by atoms with van der Waals surface area (Å²) in [5.74, 6) is -2.00. The molecule has 98 valence electrons. The molecule has 1 aromatic rings. The van der Waals surface area contributed by atoms with Gasteiger partial charge in [-0.25, -0.2) is 0 Å². The second-order valence-electron chi connectivity index (χ2n) is 3.88. The van der Waals surface area contributed by atoms with Crippen molar-refractivity contribution in [3.8, 4) is 0 Å². The standard InChI is InChI=1S/C12H15ClN2O3/c1-2-7(12(17)18)6-15-10-4-3-8(13)5-9(10)11(14)16/h3-5,7,15H,2,6H2,1H3,(H2,14,16)(H,17,18). The fraction of sp³-hybridized carbons (Fsp3) is 0.333. The molecule has 18 heavy (non-hydrogen) atoms. The van der Waals surface area contributed by atoms with Gasteiger partial charge in [0.05, 0.1) is 11.5 Å². The number of anilines is 1. The molecule has 0 bridgehead atoms. The number of aliphatic carboxylic acids is 1. The Labute approximate surface area is 110 Å². The van der Waals surface area contributed by atoms with Gasteiger partial charge in [-0.15, -0.1) is 0 Å². The Hall–Kier alpha value is -1.75. The number of hydrogen-bond donors (Lipinski definition) is 3. The SMILES string of the molecule is CCC(CNc1ccc(Cl)cc1C(N)=O)C(=O)O. The average Bonchev–Trinajstić information content (AvgIpc) is 2.30. The molecule has 1 atom stereocenters. The minimum Gasteiger partial charge on any atom is -0.481 e. The Balaban J connectivity index is 2.84. The molecule has 4 N–H and O–H groups in total. The fourth-order valence-electron chi connectivity index (χ4n) is 1.51. The van der Waals surface area contributed by atoms with Crippen LogP contribution in [0.3, 0.4) is 0 Å². The van der Waals surface area contributed by atoms with Crippen LogP contribution in [-0.2, 0) is 4.79 Å². The summed E-state index contributed by atoms with van der Waals surface area (Å²) in [5.41, 5.74) is 5.97. The molecule has 0 heterocycles. The molecule has 1 unspecified atom stereocenters. The highest BCUT2D eigenvalue weighted by molar-refractivity contribution is 6.31. The number of carbonyl (C=O) groups is 2. The van der Waals surface area contributed by atoms with Crippen LogP contribution in [-0.4, -0.2) is 23.5 Å². The van der Waals surface area contributed by atoms with E-state index < -0.39 is 17.8 Å². The number of nitrogens with two attached hydrogens (primary N) is 1. The second kappa shape index (κ2) is 6.26. The van der Waals surface area contributed by atoms with Gasteiger partial charge in [0.1, 0.15) is 0 Å². The van der Waals surface area contributed by atoms with Crippen molar-refractivity contribution in [2.45, 2.75) is 13.3 Å². The van der Waals surface area contributed by atoms with E-state index in [1.54, 1.807) is 19.1 Å². The number of carbonyl (C=O) groups excluding carboxylic acids is 1. The molecule has 0 aliphatic heterocycles. The van der Waals surface area contributed by atoms with E-state index in [1.807, 2.05) is 0 Å². The zero-order valence-electron chi connectivity index (χ0n) is 9.94. The van der Waals surface area contributed by atoms with Gasteiger partial charge in [0, 0.05) is 17.3 Å². The number of carboxylic acid groups (broad SMARTS) is 1. The van der Waals surface area contributed by atoms with Crippen LogP contribution >= 0.6 is 11.6 Å². The number of hydrogen-bond acceptors (Lipinski definition) is 3. The Morgan fingerprint density at radius 3 is 2.67 bits per heavy atom. The van der Waals surface area contributed by atoms with E-state index in [9.17, 15) is 9.59 Å². The number of halogens is 1. The molecule has 0 spiro atoms. The van der Waals surface area contributed by atoms with E-state index >= 15 is 0 Å². The predicted molar refractivity (Wildman–Crippen MR) is 69.9 cm³/mol. The minimum atomic E-state index is -0.875. The highest BCUT2D eigenvalue weighted by Gasteiger charge is 2.16. The summed E-state index contributed by atoms with van der Waals surface area (Å²) in [7, 11) is 0. The monoisotopic (exact) mass is 270 g/mol. The predicted octanol–water partition coefficient (Wildman–Crippen LogP) is 1.96. The first kappa shape index (κ1) is 14.3. The normalized spacial score (nSPS) is 11.9. The summed E-state index contributed by atoms with van der Waals surface area (Å²) in [4.78, 5) is 22.1. The molecule has 5 nitrogen and oxygen atoms in total. The third-order valence-electron chi connectivity index (χ3n) is 2.63. The minimum absolute atomic E-state index is 0.230. The van der Waals surface area contributed by atoms with Gasteiger partial charge in [0.25, 0.3) is 5.91 Å². The van der Waals surface area contributed by atoms with Crippen molar-refractivity contribution in [3.05, 3.63) is 28.8 Å². The van der Waals surface area contributed by atoms with E-state index in [0.29, 0.717) is 17.1 Å². The van der Waals surface area contributed by atoms with Gasteiger partial charge in [0.15, 0.2) is 0 Å². The van der Waals surface area contributed by atoms with Gasteiger partial charge in [-0.1, -0.05) is 18.5 Å². The third kappa shape index (κ3) is 3.63. The lowest BCUT2D eigenvalue weighted by molar-refractivity contribution is -0.141. The van der Waals surface area contributed by atoms with Gasteiger partial charge < -0.3 is 16.2 Å². The lowest BCUT2D eigenvalue weighted by atomic mass is 10.1. The fourth-order valence-corrected chi connectivity index (χ4v) is 1.69. The van der Waals surface area contributed by atoms with E-state index in [4.69, 9.17) is 22.4 Å². The van der Waals surface area contributed by atoms with Crippen LogP contribution in [0, 0.1) is 5.92 Å². The van der Waals surface area contributed by atoms with Crippen molar-refractivity contribution in [3.63, 3.8) is 0 Å². The van der Waals surface area contributed by atoms with Crippen molar-refractivity contribution in [2.75, 3.05) is 11.9 Å². The second-order valence-corrected chi connectivity index (χ2v) is 4.31. The molecule has 0 aliphatic rings. The van der Waals surface area contributed by atoms with Gasteiger partial charge in [-0.05, 0) is 24.6 Å². The van der Waals surface area contributed by atoms with Crippen molar-refractivity contribution in [2.24, 2.45) is 11.7 Å². The summed E-state index contributed by atoms with van der Waals surface area (Å²) in [6.45, 7) is 2.02. The number of nitrogens with one attached hydrogen (secondary N) is 1. The summed E-state index contributed by atoms with van der Waals surface area (Å²) in [6, 6.07) is 4.67. The number of rotatable bonds is 6. The van der Waals surface area contributed by atoms with Crippen molar-refractivity contribution < 1.29 is 14.7 Å².